The minimum atomic E-state index is 0.652. The number of fused-ring (bicyclic) bond motifs is 2. The van der Waals surface area contributed by atoms with E-state index in [1.165, 1.54) is 22.3 Å². The third-order valence-corrected chi connectivity index (χ3v) is 8.15. The number of imidazole rings is 2. The molecule has 2 aromatic heterocycles. The Kier molecular flexibility index (Phi) is 6.54. The lowest BCUT2D eigenvalue weighted by Gasteiger charge is -2.24. The average Bonchev–Trinajstić information content (AvgIpc) is 3.56. The Morgan fingerprint density at radius 1 is 0.600 bits per heavy atom. The Bertz CT molecular complexity index is 1740. The van der Waals surface area contributed by atoms with Crippen molar-refractivity contribution in [2.45, 2.75) is 40.8 Å². The maximum Gasteiger partial charge on any atom is 0.132 e. The highest BCUT2D eigenvalue weighted by atomic mass is 16.5. The van der Waals surface area contributed by atoms with Crippen LogP contribution in [0.2, 0.25) is 0 Å². The monoisotopic (exact) mass is 530 g/mol. The molecule has 2 heterocycles. The van der Waals surface area contributed by atoms with Crippen LogP contribution < -0.4 is 9.47 Å². The molecule has 0 atom stereocenters. The standard InChI is InChI=1S/C34H34N4O2/c1-21-15-25(17-37-19-35-27-11-7-9-13-29(27)37)33(39-5)31(23(21)3)32-24(4)22(2)16-26(34(32)40-6)18-38-20-36-28-12-8-10-14-30(28)38/h7-16,19-20H,17-18H2,1-6H3. The van der Waals surface area contributed by atoms with Crippen molar-refractivity contribution in [3.63, 3.8) is 0 Å². The van der Waals surface area contributed by atoms with E-state index in [0.29, 0.717) is 13.1 Å². The van der Waals surface area contributed by atoms with Crippen LogP contribution in [0.15, 0.2) is 73.3 Å². The molecule has 0 N–H and O–H groups in total. The van der Waals surface area contributed by atoms with E-state index in [0.717, 1.165) is 55.8 Å². The molecule has 40 heavy (non-hydrogen) atoms. The number of para-hydroxylation sites is 4. The van der Waals surface area contributed by atoms with Crippen molar-refractivity contribution in [3.05, 3.63) is 107 Å². The van der Waals surface area contributed by atoms with Gasteiger partial charge < -0.3 is 18.6 Å². The molecule has 0 fully saturated rings. The van der Waals surface area contributed by atoms with Gasteiger partial charge in [-0.1, -0.05) is 36.4 Å². The van der Waals surface area contributed by atoms with E-state index < -0.39 is 0 Å². The van der Waals surface area contributed by atoms with E-state index in [9.17, 15) is 0 Å². The molecular formula is C34H34N4O2. The predicted molar refractivity (Wildman–Crippen MR) is 162 cm³/mol. The summed E-state index contributed by atoms with van der Waals surface area (Å²) in [6, 6.07) is 20.9. The van der Waals surface area contributed by atoms with Crippen molar-refractivity contribution < 1.29 is 9.47 Å². The third kappa shape index (κ3) is 4.20. The molecule has 0 spiro atoms. The highest BCUT2D eigenvalue weighted by Gasteiger charge is 2.25. The number of methoxy groups -OCH3 is 2. The van der Waals surface area contributed by atoms with Crippen molar-refractivity contribution in [2.24, 2.45) is 0 Å². The number of nitrogens with zero attached hydrogens (tertiary/aromatic N) is 4. The smallest absolute Gasteiger partial charge is 0.132 e. The Labute approximate surface area is 234 Å². The van der Waals surface area contributed by atoms with Gasteiger partial charge in [-0.05, 0) is 74.2 Å². The van der Waals surface area contributed by atoms with Crippen LogP contribution in [0, 0.1) is 27.7 Å². The number of aromatic nitrogens is 4. The molecule has 0 saturated carbocycles. The van der Waals surface area contributed by atoms with Crippen LogP contribution in [0.4, 0.5) is 0 Å². The molecule has 0 bridgehead atoms. The number of ether oxygens (including phenoxy) is 2. The van der Waals surface area contributed by atoms with Crippen molar-refractivity contribution in [1.29, 1.82) is 0 Å². The number of hydrogen-bond acceptors (Lipinski definition) is 4. The minimum Gasteiger partial charge on any atom is -0.496 e. The van der Waals surface area contributed by atoms with Gasteiger partial charge in [-0.2, -0.15) is 0 Å². The van der Waals surface area contributed by atoms with Gasteiger partial charge in [-0.25, -0.2) is 9.97 Å². The van der Waals surface area contributed by atoms with Crippen molar-refractivity contribution >= 4 is 22.1 Å². The first-order valence-corrected chi connectivity index (χ1v) is 13.6. The normalized spacial score (nSPS) is 11.4. The fourth-order valence-corrected chi connectivity index (χ4v) is 5.87. The van der Waals surface area contributed by atoms with Gasteiger partial charge in [0.05, 0.1) is 62.0 Å². The number of benzene rings is 4. The van der Waals surface area contributed by atoms with Crippen LogP contribution in [0.25, 0.3) is 33.2 Å². The quantitative estimate of drug-likeness (QED) is 0.216. The molecule has 0 saturated heterocycles. The van der Waals surface area contributed by atoms with Crippen LogP contribution in [-0.2, 0) is 13.1 Å². The highest BCUT2D eigenvalue weighted by Crippen LogP contribution is 2.46. The number of rotatable bonds is 7. The predicted octanol–water partition coefficient (Wildman–Crippen LogP) is 7.40. The molecule has 202 valence electrons. The van der Waals surface area contributed by atoms with E-state index in [4.69, 9.17) is 9.47 Å². The first kappa shape index (κ1) is 25.7. The first-order valence-electron chi connectivity index (χ1n) is 13.6. The molecule has 6 heteroatoms. The van der Waals surface area contributed by atoms with Crippen molar-refractivity contribution in [3.8, 4) is 22.6 Å². The molecule has 0 radical (unpaired) electrons. The number of aryl methyl sites for hydroxylation is 2. The fraction of sp³-hybridized carbons (Fsp3) is 0.235. The zero-order valence-corrected chi connectivity index (χ0v) is 23.9. The molecule has 4 aromatic carbocycles. The maximum atomic E-state index is 6.22. The van der Waals surface area contributed by atoms with Crippen molar-refractivity contribution in [2.75, 3.05) is 14.2 Å². The molecule has 0 aliphatic rings. The summed E-state index contributed by atoms with van der Waals surface area (Å²) in [7, 11) is 3.53. The Hall–Kier alpha value is -4.58. The molecule has 0 unspecified atom stereocenters. The van der Waals surface area contributed by atoms with E-state index in [1.807, 2.05) is 36.9 Å². The third-order valence-electron chi connectivity index (χ3n) is 8.15. The Morgan fingerprint density at radius 3 is 1.40 bits per heavy atom. The zero-order valence-electron chi connectivity index (χ0n) is 23.9. The summed E-state index contributed by atoms with van der Waals surface area (Å²) < 4.78 is 16.8. The van der Waals surface area contributed by atoms with Crippen LogP contribution in [-0.4, -0.2) is 33.3 Å². The lowest BCUT2D eigenvalue weighted by Crippen LogP contribution is -2.08. The Morgan fingerprint density at radius 2 is 1.00 bits per heavy atom. The largest absolute Gasteiger partial charge is 0.496 e. The van der Waals surface area contributed by atoms with Gasteiger partial charge >= 0.3 is 0 Å². The Balaban J connectivity index is 1.54. The maximum absolute atomic E-state index is 6.22. The van der Waals surface area contributed by atoms with Crippen molar-refractivity contribution in [1.82, 2.24) is 19.1 Å². The fourth-order valence-electron chi connectivity index (χ4n) is 5.87. The minimum absolute atomic E-state index is 0.652. The SMILES string of the molecule is COc1c(Cn2cnc3ccccc32)cc(C)c(C)c1-c1c(C)c(C)cc(Cn2cnc3ccccc32)c1OC. The lowest BCUT2D eigenvalue weighted by atomic mass is 9.87. The second-order valence-electron chi connectivity index (χ2n) is 10.5. The summed E-state index contributed by atoms with van der Waals surface area (Å²) in [5.41, 5.74) is 13.3. The summed E-state index contributed by atoms with van der Waals surface area (Å²) >= 11 is 0. The van der Waals surface area contributed by atoms with E-state index in [-0.39, 0.29) is 0 Å². The second-order valence-corrected chi connectivity index (χ2v) is 10.5. The van der Waals surface area contributed by atoms with Gasteiger partial charge in [0, 0.05) is 22.3 Å². The summed E-state index contributed by atoms with van der Waals surface area (Å²) in [6.45, 7) is 9.99. The molecule has 0 aliphatic heterocycles. The zero-order chi connectivity index (χ0) is 28.0. The second kappa shape index (κ2) is 10.2. The molecule has 6 aromatic rings. The summed E-state index contributed by atoms with van der Waals surface area (Å²) in [5, 5.41) is 0. The van der Waals surface area contributed by atoms with Gasteiger partial charge in [-0.15, -0.1) is 0 Å². The molecule has 0 aliphatic carbocycles. The summed E-state index contributed by atoms with van der Waals surface area (Å²) in [5.74, 6) is 1.74. The van der Waals surface area contributed by atoms with Gasteiger partial charge in [0.25, 0.3) is 0 Å². The van der Waals surface area contributed by atoms with E-state index >= 15 is 0 Å². The molecule has 0 amide bonds. The summed E-state index contributed by atoms with van der Waals surface area (Å²) in [4.78, 5) is 9.21. The van der Waals surface area contributed by atoms with Crippen LogP contribution in [0.1, 0.15) is 33.4 Å². The van der Waals surface area contributed by atoms with Gasteiger partial charge in [0.2, 0.25) is 0 Å². The number of hydrogen-bond donors (Lipinski definition) is 0. The first-order chi connectivity index (χ1) is 19.4. The average molecular weight is 531 g/mol. The lowest BCUT2D eigenvalue weighted by molar-refractivity contribution is 0.403. The molecule has 6 rings (SSSR count). The summed E-state index contributed by atoms with van der Waals surface area (Å²) in [6.07, 6.45) is 3.82. The molecular weight excluding hydrogens is 496 g/mol. The van der Waals surface area contributed by atoms with Crippen LogP contribution in [0.5, 0.6) is 11.5 Å². The highest BCUT2D eigenvalue weighted by molar-refractivity contribution is 5.85. The molecule has 6 nitrogen and oxygen atoms in total. The van der Waals surface area contributed by atoms with Crippen LogP contribution >= 0.6 is 0 Å². The van der Waals surface area contributed by atoms with Gasteiger partial charge in [0.1, 0.15) is 11.5 Å². The topological polar surface area (TPSA) is 54.1 Å². The van der Waals surface area contributed by atoms with Gasteiger partial charge in [-0.3, -0.25) is 0 Å². The van der Waals surface area contributed by atoms with Crippen LogP contribution in [0.3, 0.4) is 0 Å². The van der Waals surface area contributed by atoms with E-state index in [2.05, 4.69) is 83.2 Å². The van der Waals surface area contributed by atoms with E-state index in [1.54, 1.807) is 14.2 Å². The van der Waals surface area contributed by atoms with Gasteiger partial charge in [0.15, 0.2) is 0 Å².